The Kier molecular flexibility index (Phi) is 1.65. The minimum atomic E-state index is -0.352. The van der Waals surface area contributed by atoms with Crippen molar-refractivity contribution in [2.24, 2.45) is 0 Å². The fourth-order valence-electron chi connectivity index (χ4n) is 0.947. The second-order valence-corrected chi connectivity index (χ2v) is 3.13. The van der Waals surface area contributed by atoms with Crippen LogP contribution in [0.4, 0.5) is 0 Å². The molecule has 0 saturated heterocycles. The van der Waals surface area contributed by atoms with Crippen molar-refractivity contribution in [3.05, 3.63) is 33.5 Å². The Morgan fingerprint density at radius 2 is 2.17 bits per heavy atom. The summed E-state index contributed by atoms with van der Waals surface area (Å²) in [6.45, 7) is 0. The molecule has 0 spiro atoms. The van der Waals surface area contributed by atoms with E-state index < -0.39 is 0 Å². The van der Waals surface area contributed by atoms with E-state index in [1.165, 1.54) is 6.20 Å². The van der Waals surface area contributed by atoms with Crippen LogP contribution in [-0.2, 0) is 0 Å². The molecule has 2 aromatic heterocycles. The van der Waals surface area contributed by atoms with Gasteiger partial charge < -0.3 is 4.98 Å². The SMILES string of the molecule is O=c1ncc2cncc(Br)c2[nH]1. The van der Waals surface area contributed by atoms with Gasteiger partial charge in [0.05, 0.1) is 9.99 Å². The van der Waals surface area contributed by atoms with Crippen molar-refractivity contribution in [3.63, 3.8) is 0 Å². The third kappa shape index (κ3) is 1.12. The van der Waals surface area contributed by atoms with E-state index in [-0.39, 0.29) is 5.69 Å². The standard InChI is InChI=1S/C7H4BrN3O/c8-5-3-9-1-4-2-10-7(12)11-6(4)5/h1-3H,(H,10,11,12). The molecule has 0 aliphatic rings. The molecule has 4 nitrogen and oxygen atoms in total. The zero-order valence-corrected chi connectivity index (χ0v) is 7.50. The number of nitrogens with one attached hydrogen (secondary N) is 1. The summed E-state index contributed by atoms with van der Waals surface area (Å²) in [7, 11) is 0. The van der Waals surface area contributed by atoms with Crippen LogP contribution in [0.5, 0.6) is 0 Å². The summed E-state index contributed by atoms with van der Waals surface area (Å²) in [6, 6.07) is 0. The van der Waals surface area contributed by atoms with Crippen LogP contribution in [0.1, 0.15) is 0 Å². The molecule has 0 radical (unpaired) electrons. The van der Waals surface area contributed by atoms with Crippen molar-refractivity contribution in [1.82, 2.24) is 15.0 Å². The number of rotatable bonds is 0. The normalized spacial score (nSPS) is 10.4. The minimum absolute atomic E-state index is 0.352. The first kappa shape index (κ1) is 7.42. The van der Waals surface area contributed by atoms with E-state index in [2.05, 4.69) is 30.9 Å². The van der Waals surface area contributed by atoms with Crippen molar-refractivity contribution in [1.29, 1.82) is 0 Å². The number of aromatic nitrogens is 3. The minimum Gasteiger partial charge on any atom is -0.304 e. The molecular weight excluding hydrogens is 222 g/mol. The Morgan fingerprint density at radius 1 is 1.33 bits per heavy atom. The summed E-state index contributed by atoms with van der Waals surface area (Å²) in [5.41, 5.74) is 0.374. The molecule has 0 saturated carbocycles. The van der Waals surface area contributed by atoms with Gasteiger partial charge in [0, 0.05) is 24.0 Å². The van der Waals surface area contributed by atoms with E-state index in [1.54, 1.807) is 12.4 Å². The van der Waals surface area contributed by atoms with Gasteiger partial charge in [-0.05, 0) is 15.9 Å². The first-order valence-corrected chi connectivity index (χ1v) is 4.05. The number of pyridine rings is 1. The van der Waals surface area contributed by atoms with Gasteiger partial charge in [-0.15, -0.1) is 0 Å². The lowest BCUT2D eigenvalue weighted by Crippen LogP contribution is -2.08. The second-order valence-electron chi connectivity index (χ2n) is 2.27. The van der Waals surface area contributed by atoms with Gasteiger partial charge in [0.25, 0.3) is 0 Å². The average Bonchev–Trinajstić information content (AvgIpc) is 2.07. The van der Waals surface area contributed by atoms with E-state index >= 15 is 0 Å². The molecule has 2 aromatic rings. The zero-order chi connectivity index (χ0) is 8.55. The number of hydrogen-bond acceptors (Lipinski definition) is 3. The van der Waals surface area contributed by atoms with Crippen molar-refractivity contribution >= 4 is 26.8 Å². The van der Waals surface area contributed by atoms with Gasteiger partial charge in [0.15, 0.2) is 0 Å². The predicted octanol–water partition coefficient (Wildman–Crippen LogP) is 1.08. The van der Waals surface area contributed by atoms with E-state index in [1.807, 2.05) is 0 Å². The molecule has 0 unspecified atom stereocenters. The fourth-order valence-corrected chi connectivity index (χ4v) is 1.39. The molecule has 0 atom stereocenters. The summed E-state index contributed by atoms with van der Waals surface area (Å²) < 4.78 is 0.763. The number of aromatic amines is 1. The highest BCUT2D eigenvalue weighted by Crippen LogP contribution is 2.17. The lowest BCUT2D eigenvalue weighted by molar-refractivity contribution is 1.11. The van der Waals surface area contributed by atoms with Gasteiger partial charge >= 0.3 is 5.69 Å². The molecule has 0 aromatic carbocycles. The first-order chi connectivity index (χ1) is 5.77. The van der Waals surface area contributed by atoms with Crippen LogP contribution >= 0.6 is 15.9 Å². The van der Waals surface area contributed by atoms with Crippen LogP contribution in [0.25, 0.3) is 10.9 Å². The second kappa shape index (κ2) is 2.67. The largest absolute Gasteiger partial charge is 0.345 e. The molecule has 12 heavy (non-hydrogen) atoms. The Labute approximate surface area is 75.8 Å². The van der Waals surface area contributed by atoms with Crippen LogP contribution < -0.4 is 5.69 Å². The molecule has 2 rings (SSSR count). The van der Waals surface area contributed by atoms with Gasteiger partial charge in [0.2, 0.25) is 0 Å². The summed E-state index contributed by atoms with van der Waals surface area (Å²) in [4.78, 5) is 20.9. The van der Waals surface area contributed by atoms with Crippen LogP contribution in [0, 0.1) is 0 Å². The zero-order valence-electron chi connectivity index (χ0n) is 5.91. The number of H-pyrrole nitrogens is 1. The van der Waals surface area contributed by atoms with Gasteiger partial charge in [0.1, 0.15) is 0 Å². The van der Waals surface area contributed by atoms with E-state index in [0.717, 1.165) is 15.4 Å². The van der Waals surface area contributed by atoms with E-state index in [0.29, 0.717) is 0 Å². The summed E-state index contributed by atoms with van der Waals surface area (Å²) >= 11 is 3.27. The van der Waals surface area contributed by atoms with Gasteiger partial charge in [-0.25, -0.2) is 9.78 Å². The summed E-state index contributed by atoms with van der Waals surface area (Å²) in [5.74, 6) is 0. The highest BCUT2D eigenvalue weighted by atomic mass is 79.9. The number of hydrogen-bond donors (Lipinski definition) is 1. The van der Waals surface area contributed by atoms with Gasteiger partial charge in [-0.3, -0.25) is 4.98 Å². The molecule has 2 heterocycles. The Balaban J connectivity index is 2.97. The molecule has 0 amide bonds. The summed E-state index contributed by atoms with van der Waals surface area (Å²) in [5, 5.41) is 0.809. The highest BCUT2D eigenvalue weighted by molar-refractivity contribution is 9.10. The van der Waals surface area contributed by atoms with Crippen molar-refractivity contribution in [2.75, 3.05) is 0 Å². The maximum Gasteiger partial charge on any atom is 0.345 e. The predicted molar refractivity (Wildman–Crippen MR) is 47.9 cm³/mol. The third-order valence-corrected chi connectivity index (χ3v) is 2.08. The Bertz CT molecular complexity index is 479. The van der Waals surface area contributed by atoms with E-state index in [9.17, 15) is 4.79 Å². The molecule has 0 fully saturated rings. The van der Waals surface area contributed by atoms with Crippen molar-refractivity contribution < 1.29 is 0 Å². The quantitative estimate of drug-likeness (QED) is 0.731. The molecule has 0 aliphatic heterocycles. The number of nitrogens with zero attached hydrogens (tertiary/aromatic N) is 2. The maximum atomic E-state index is 10.8. The Morgan fingerprint density at radius 3 is 3.00 bits per heavy atom. The molecule has 60 valence electrons. The average molecular weight is 226 g/mol. The van der Waals surface area contributed by atoms with Gasteiger partial charge in [-0.2, -0.15) is 0 Å². The highest BCUT2D eigenvalue weighted by Gasteiger charge is 1.98. The third-order valence-electron chi connectivity index (χ3n) is 1.48. The smallest absolute Gasteiger partial charge is 0.304 e. The lowest BCUT2D eigenvalue weighted by Gasteiger charge is -1.96. The van der Waals surface area contributed by atoms with Gasteiger partial charge in [-0.1, -0.05) is 0 Å². The van der Waals surface area contributed by atoms with Crippen LogP contribution in [0.15, 0.2) is 27.9 Å². The molecule has 1 N–H and O–H groups in total. The molecule has 0 aliphatic carbocycles. The number of halogens is 1. The monoisotopic (exact) mass is 225 g/mol. The van der Waals surface area contributed by atoms with Crippen LogP contribution in [0.3, 0.4) is 0 Å². The maximum absolute atomic E-state index is 10.8. The fraction of sp³-hybridized carbons (Fsp3) is 0. The lowest BCUT2D eigenvalue weighted by atomic mass is 10.3. The van der Waals surface area contributed by atoms with Crippen molar-refractivity contribution in [3.8, 4) is 0 Å². The topological polar surface area (TPSA) is 58.6 Å². The Hall–Kier alpha value is -1.23. The van der Waals surface area contributed by atoms with Crippen molar-refractivity contribution in [2.45, 2.75) is 0 Å². The van der Waals surface area contributed by atoms with Crippen LogP contribution in [0.2, 0.25) is 0 Å². The molecular formula is C7H4BrN3O. The van der Waals surface area contributed by atoms with Crippen LogP contribution in [-0.4, -0.2) is 15.0 Å². The van der Waals surface area contributed by atoms with E-state index in [4.69, 9.17) is 0 Å². The first-order valence-electron chi connectivity index (χ1n) is 3.26. The summed E-state index contributed by atoms with van der Waals surface area (Å²) in [6.07, 6.45) is 4.76. The molecule has 0 bridgehead atoms. The number of fused-ring (bicyclic) bond motifs is 1. The molecule has 5 heteroatoms.